The van der Waals surface area contributed by atoms with E-state index < -0.39 is 81.8 Å². The monoisotopic (exact) mass is 396 g/mol. The van der Waals surface area contributed by atoms with Gasteiger partial charge in [0.1, 0.15) is 0 Å². The zero-order chi connectivity index (χ0) is 34.4. The summed E-state index contributed by atoms with van der Waals surface area (Å²) in [6, 6.07) is 8.60. The molecule has 1 aliphatic carbocycles. The quantitative estimate of drug-likeness (QED) is 0.727. The van der Waals surface area contributed by atoms with E-state index in [1.54, 1.807) is 0 Å². The van der Waals surface area contributed by atoms with E-state index >= 15 is 0 Å². The number of ketones is 1. The van der Waals surface area contributed by atoms with Crippen LogP contribution in [0.2, 0.25) is 0 Å². The van der Waals surface area contributed by atoms with E-state index in [9.17, 15) is 4.79 Å². The molecule has 148 valence electrons. The van der Waals surface area contributed by atoms with Crippen LogP contribution in [0.3, 0.4) is 0 Å². The molecule has 0 spiro atoms. The van der Waals surface area contributed by atoms with Crippen LogP contribution in [-0.4, -0.2) is 37.8 Å². The Hall–Kier alpha value is -2.33. The van der Waals surface area contributed by atoms with Crippen LogP contribution in [0.15, 0.2) is 42.5 Å². The number of carbonyl (C=O) groups excluding carboxylic acids is 1. The van der Waals surface area contributed by atoms with Gasteiger partial charge in [-0.3, -0.25) is 9.69 Å². The van der Waals surface area contributed by atoms with E-state index in [2.05, 4.69) is 0 Å². The highest BCUT2D eigenvalue weighted by Crippen LogP contribution is 2.39. The van der Waals surface area contributed by atoms with E-state index in [0.29, 0.717) is 0 Å². The van der Waals surface area contributed by atoms with Crippen LogP contribution in [0.5, 0.6) is 11.5 Å². The third kappa shape index (κ3) is 3.93. The van der Waals surface area contributed by atoms with Crippen molar-refractivity contribution in [2.24, 2.45) is 11.8 Å². The number of carbonyl (C=O) groups is 1. The maximum atomic E-state index is 13.5. The number of Topliss-reactive ketones (excluding diaryl/α,β-unsaturated/α-hetero) is 1. The fraction of sp³-hybridized carbons (Fsp3) is 0.458. The third-order valence-electron chi connectivity index (χ3n) is 4.59. The van der Waals surface area contributed by atoms with E-state index in [-0.39, 0.29) is 28.0 Å². The van der Waals surface area contributed by atoms with Crippen molar-refractivity contribution in [2.45, 2.75) is 32.1 Å². The van der Waals surface area contributed by atoms with Gasteiger partial charge in [-0.2, -0.15) is 0 Å². The van der Waals surface area contributed by atoms with Crippen molar-refractivity contribution < 1.29 is 37.6 Å². The molecule has 1 unspecified atom stereocenters. The smallest absolute Gasteiger partial charge is 0.166 e. The Morgan fingerprint density at radius 3 is 2.61 bits per heavy atom. The second-order valence-corrected chi connectivity index (χ2v) is 6.40. The summed E-state index contributed by atoms with van der Waals surface area (Å²) in [5, 5.41) is 0. The second-order valence-electron chi connectivity index (χ2n) is 6.40. The summed E-state index contributed by atoms with van der Waals surface area (Å²) < 4.78 is 150. The Labute approximate surface area is 191 Å². The van der Waals surface area contributed by atoms with Crippen LogP contribution >= 0.6 is 0 Å². The summed E-state index contributed by atoms with van der Waals surface area (Å²) in [6.07, 6.45) is -8.77. The molecule has 4 rings (SSSR count). The standard InChI is InChI=1S/C24H29NO3/c1-27-22-14-19-13-20(24(26)21(19)15-23(22)28-2)12-17-8-10-25(11-9-17)16-18-6-4-3-5-7-18/h3-7,14-15,17,20H,8-13,16H2,1-2H3/i1D3,2D3,8D2,9D2,10D2,11D2,16D2,17D. The van der Waals surface area contributed by atoms with Gasteiger partial charge in [0.05, 0.1) is 22.3 Å². The topological polar surface area (TPSA) is 38.8 Å². The van der Waals surface area contributed by atoms with Crippen molar-refractivity contribution >= 4 is 5.78 Å². The van der Waals surface area contributed by atoms with Crippen LogP contribution in [-0.2, 0) is 12.9 Å². The molecule has 2 aromatic carbocycles. The SMILES string of the molecule is [2H]C([2H])([2H])Oc1cc2c(cc1OC([2H])([2H])[2H])C(=O)C(CC1([2H])C([2H])([2H])C([2H])([2H])N(C([2H])([2H])c3ccccc3)C([2H])([2H])C1([2H])[2H])C2. The summed E-state index contributed by atoms with van der Waals surface area (Å²) in [5.74, 6) is -6.88. The maximum absolute atomic E-state index is 13.5. The van der Waals surface area contributed by atoms with Gasteiger partial charge >= 0.3 is 0 Å². The van der Waals surface area contributed by atoms with Gasteiger partial charge in [-0.25, -0.2) is 0 Å². The fourth-order valence-electron chi connectivity index (χ4n) is 3.25. The van der Waals surface area contributed by atoms with Crippen LogP contribution in [0.25, 0.3) is 0 Å². The molecule has 1 heterocycles. The number of hydrogen-bond acceptors (Lipinski definition) is 4. The third-order valence-corrected chi connectivity index (χ3v) is 4.59. The van der Waals surface area contributed by atoms with Crippen molar-refractivity contribution in [3.05, 3.63) is 59.2 Å². The lowest BCUT2D eigenvalue weighted by Gasteiger charge is -2.32. The fourth-order valence-corrected chi connectivity index (χ4v) is 3.25. The molecule has 1 aliphatic heterocycles. The lowest BCUT2D eigenvalue weighted by molar-refractivity contribution is 0.0895. The summed E-state index contributed by atoms with van der Waals surface area (Å²) in [7, 11) is -6.15. The van der Waals surface area contributed by atoms with Crippen molar-refractivity contribution in [3.63, 3.8) is 0 Å². The summed E-state index contributed by atoms with van der Waals surface area (Å²) in [5.41, 5.74) is -0.449. The molecular formula is C24H29NO3. The zero-order valence-corrected chi connectivity index (χ0v) is 14.7. The molecule has 0 aromatic heterocycles. The Morgan fingerprint density at radius 2 is 1.89 bits per heavy atom. The molecule has 0 saturated carbocycles. The summed E-state index contributed by atoms with van der Waals surface area (Å²) in [4.78, 5) is 13.4. The lowest BCUT2D eigenvalue weighted by Crippen LogP contribution is -2.34. The molecule has 1 atom stereocenters. The highest BCUT2D eigenvalue weighted by molar-refractivity contribution is 6.02. The first-order chi connectivity index (χ1) is 20.1. The Kier molecular flexibility index (Phi) is 2.24. The molecule has 1 saturated heterocycles. The molecular weight excluding hydrogens is 350 g/mol. The normalized spacial score (nSPS) is 38.9. The molecule has 4 heteroatoms. The van der Waals surface area contributed by atoms with Crippen molar-refractivity contribution in [1.82, 2.24) is 4.90 Å². The van der Waals surface area contributed by atoms with E-state index in [1.165, 1.54) is 30.3 Å². The van der Waals surface area contributed by atoms with Gasteiger partial charge < -0.3 is 9.47 Å². The molecule has 0 radical (unpaired) electrons. The van der Waals surface area contributed by atoms with Crippen molar-refractivity contribution in [1.29, 1.82) is 0 Å². The minimum Gasteiger partial charge on any atom is -0.493 e. The average molecular weight is 397 g/mol. The number of likely N-dealkylation sites (tertiary alicyclic amines) is 1. The number of nitrogens with zero attached hydrogens (tertiary/aromatic N) is 1. The number of fused-ring (bicyclic) bond motifs is 1. The van der Waals surface area contributed by atoms with Gasteiger partial charge in [0.15, 0.2) is 17.3 Å². The van der Waals surface area contributed by atoms with Crippen LogP contribution in [0.4, 0.5) is 0 Å². The minimum atomic E-state index is -3.67. The second kappa shape index (κ2) is 8.36. The maximum Gasteiger partial charge on any atom is 0.166 e. The Morgan fingerprint density at radius 1 is 1.18 bits per heavy atom. The van der Waals surface area contributed by atoms with Gasteiger partial charge in [-0.15, -0.1) is 0 Å². The molecule has 2 aromatic rings. The first-order valence-electron chi connectivity index (χ1n) is 17.1. The molecule has 0 bridgehead atoms. The number of hydrogen-bond donors (Lipinski definition) is 0. The zero-order valence-electron chi connectivity index (χ0n) is 31.7. The number of piperidine rings is 1. The molecule has 4 nitrogen and oxygen atoms in total. The number of ether oxygens (including phenoxy) is 2. The first kappa shape index (κ1) is 7.49. The largest absolute Gasteiger partial charge is 0.493 e. The van der Waals surface area contributed by atoms with Crippen molar-refractivity contribution in [2.75, 3.05) is 27.1 Å². The molecule has 2 aliphatic rings. The summed E-state index contributed by atoms with van der Waals surface area (Å²) in [6.45, 7) is -10.5. The van der Waals surface area contributed by atoms with Gasteiger partial charge in [0, 0.05) is 33.1 Å². The molecule has 0 amide bonds. The van der Waals surface area contributed by atoms with Crippen LogP contribution in [0, 0.1) is 11.8 Å². The van der Waals surface area contributed by atoms with Crippen molar-refractivity contribution in [3.8, 4) is 11.5 Å². The highest BCUT2D eigenvalue weighted by Gasteiger charge is 2.34. The Bertz CT molecular complexity index is 1440. The van der Waals surface area contributed by atoms with E-state index in [4.69, 9.17) is 32.8 Å². The van der Waals surface area contributed by atoms with Gasteiger partial charge in [0.2, 0.25) is 0 Å². The lowest BCUT2D eigenvalue weighted by atomic mass is 9.85. The highest BCUT2D eigenvalue weighted by atomic mass is 16.5. The summed E-state index contributed by atoms with van der Waals surface area (Å²) >= 11 is 0. The predicted octanol–water partition coefficient (Wildman–Crippen LogP) is 4.36. The first-order valence-corrected chi connectivity index (χ1v) is 8.57. The predicted molar refractivity (Wildman–Crippen MR) is 110 cm³/mol. The molecule has 1 fully saturated rings. The van der Waals surface area contributed by atoms with E-state index in [0.717, 1.165) is 12.1 Å². The van der Waals surface area contributed by atoms with Crippen LogP contribution in [0.1, 0.15) is 64.0 Å². The minimum absolute atomic E-state index is 0.0655. The van der Waals surface area contributed by atoms with Crippen LogP contribution < -0.4 is 9.47 Å². The Balaban J connectivity index is 1.79. The number of methoxy groups -OCH3 is 2. The molecule has 28 heavy (non-hydrogen) atoms. The molecule has 0 N–H and O–H groups in total. The number of rotatable bonds is 6. The van der Waals surface area contributed by atoms with Gasteiger partial charge in [-0.05, 0) is 67.7 Å². The van der Waals surface area contributed by atoms with E-state index in [1.807, 2.05) is 0 Å². The number of benzene rings is 2. The van der Waals surface area contributed by atoms with Gasteiger partial charge in [-0.1, -0.05) is 30.3 Å². The average Bonchev–Trinajstić information content (AvgIpc) is 3.15. The van der Waals surface area contributed by atoms with Gasteiger partial charge in [0.25, 0.3) is 0 Å².